The van der Waals surface area contributed by atoms with Crippen LogP contribution in [0.15, 0.2) is 54.6 Å². The fraction of sp³-hybridized carbons (Fsp3) is 0.387. The van der Waals surface area contributed by atoms with Crippen LogP contribution in [0.25, 0.3) is 21.8 Å². The number of carbonyl (C=O) groups is 3. The van der Waals surface area contributed by atoms with E-state index >= 15 is 0 Å². The van der Waals surface area contributed by atoms with Crippen molar-refractivity contribution in [3.63, 3.8) is 0 Å². The van der Waals surface area contributed by atoms with Crippen LogP contribution in [0.3, 0.4) is 0 Å². The average Bonchev–Trinajstić information content (AvgIpc) is 3.65. The van der Waals surface area contributed by atoms with Crippen molar-refractivity contribution < 1.29 is 14.4 Å². The van der Waals surface area contributed by atoms with Gasteiger partial charge in [-0.15, -0.1) is 0 Å². The summed E-state index contributed by atoms with van der Waals surface area (Å²) in [5.41, 5.74) is 2.96. The zero-order valence-electron chi connectivity index (χ0n) is 23.1. The van der Waals surface area contributed by atoms with Gasteiger partial charge in [-0.05, 0) is 49.4 Å². The number of amides is 3. The van der Waals surface area contributed by atoms with Crippen LogP contribution in [0.1, 0.15) is 60.7 Å². The Morgan fingerprint density at radius 3 is 2.38 bits per heavy atom. The normalized spacial score (nSPS) is 21.6. The summed E-state index contributed by atoms with van der Waals surface area (Å²) < 4.78 is 0. The SMILES string of the molecule is Cc1cccc2cc(C(=O)N3CC4(C)CC3CN4C(=O)C(NC(=O)c3cc4ccccc4[nH]3)C(C)(C)C)[nH]c12. The summed E-state index contributed by atoms with van der Waals surface area (Å²) in [5.74, 6) is -0.448. The van der Waals surface area contributed by atoms with Crippen molar-refractivity contribution in [2.24, 2.45) is 5.41 Å². The number of piperazine rings is 1. The molecule has 0 saturated carbocycles. The number of benzene rings is 2. The lowest BCUT2D eigenvalue weighted by atomic mass is 9.84. The van der Waals surface area contributed by atoms with Gasteiger partial charge in [0.1, 0.15) is 17.4 Å². The molecule has 8 nitrogen and oxygen atoms in total. The van der Waals surface area contributed by atoms with Gasteiger partial charge in [0.15, 0.2) is 0 Å². The third-order valence-corrected chi connectivity index (χ3v) is 8.46. The first-order valence-corrected chi connectivity index (χ1v) is 13.5. The Labute approximate surface area is 227 Å². The minimum absolute atomic E-state index is 0.0362. The monoisotopic (exact) mass is 525 g/mol. The molecule has 2 saturated heterocycles. The first kappa shape index (κ1) is 25.2. The third kappa shape index (κ3) is 4.18. The molecular formula is C31H35N5O3. The molecule has 2 bridgehead atoms. The molecule has 3 N–H and O–H groups in total. The maximum Gasteiger partial charge on any atom is 0.270 e. The van der Waals surface area contributed by atoms with Gasteiger partial charge in [-0.2, -0.15) is 0 Å². The van der Waals surface area contributed by atoms with Crippen molar-refractivity contribution in [2.75, 3.05) is 13.1 Å². The second kappa shape index (κ2) is 8.73. The lowest BCUT2D eigenvalue weighted by Crippen LogP contribution is -2.62. The van der Waals surface area contributed by atoms with E-state index in [1.807, 2.05) is 99.0 Å². The van der Waals surface area contributed by atoms with E-state index in [0.29, 0.717) is 24.5 Å². The highest BCUT2D eigenvalue weighted by Crippen LogP contribution is 2.42. The largest absolute Gasteiger partial charge is 0.351 e. The van der Waals surface area contributed by atoms with Crippen LogP contribution in [0, 0.1) is 12.3 Å². The summed E-state index contributed by atoms with van der Waals surface area (Å²) in [5, 5.41) is 4.98. The van der Waals surface area contributed by atoms with Crippen LogP contribution in [0.4, 0.5) is 0 Å². The zero-order chi connectivity index (χ0) is 27.7. The highest BCUT2D eigenvalue weighted by molar-refractivity contribution is 6.01. The second-order valence-electron chi connectivity index (χ2n) is 12.5. The molecule has 6 rings (SSSR count). The highest BCUT2D eigenvalue weighted by atomic mass is 16.2. The number of H-pyrrole nitrogens is 2. The molecule has 0 aliphatic carbocycles. The maximum atomic E-state index is 14.0. The first-order valence-electron chi connectivity index (χ1n) is 13.5. The summed E-state index contributed by atoms with van der Waals surface area (Å²) in [6.45, 7) is 10.9. The molecule has 2 aromatic carbocycles. The van der Waals surface area contributed by atoms with E-state index in [9.17, 15) is 14.4 Å². The number of fused-ring (bicyclic) bond motifs is 4. The topological polar surface area (TPSA) is 101 Å². The molecule has 8 heteroatoms. The van der Waals surface area contributed by atoms with Gasteiger partial charge >= 0.3 is 0 Å². The van der Waals surface area contributed by atoms with Crippen molar-refractivity contribution >= 4 is 39.5 Å². The van der Waals surface area contributed by atoms with E-state index in [1.165, 1.54) is 0 Å². The maximum absolute atomic E-state index is 14.0. The average molecular weight is 526 g/mol. The summed E-state index contributed by atoms with van der Waals surface area (Å²) in [4.78, 5) is 51.1. The number of nitrogens with one attached hydrogen (secondary N) is 3. The van der Waals surface area contributed by atoms with Gasteiger partial charge in [0.05, 0.1) is 11.6 Å². The molecule has 2 aliphatic heterocycles. The molecule has 2 fully saturated rings. The molecule has 2 aliphatic rings. The Hall–Kier alpha value is -4.07. The molecule has 202 valence electrons. The van der Waals surface area contributed by atoms with Gasteiger partial charge in [-0.1, -0.05) is 57.2 Å². The number of aromatic nitrogens is 2. The Kier molecular flexibility index (Phi) is 5.64. The number of carbonyl (C=O) groups excluding carboxylic acids is 3. The van der Waals surface area contributed by atoms with Gasteiger partial charge in [0, 0.05) is 34.9 Å². The number of rotatable bonds is 4. The molecule has 2 aromatic heterocycles. The lowest BCUT2D eigenvalue weighted by molar-refractivity contribution is -0.141. The lowest BCUT2D eigenvalue weighted by Gasteiger charge is -2.43. The number of para-hydroxylation sites is 2. The number of likely N-dealkylation sites (tertiary alicyclic amines) is 2. The zero-order valence-corrected chi connectivity index (χ0v) is 23.1. The minimum Gasteiger partial charge on any atom is -0.351 e. The predicted molar refractivity (Wildman–Crippen MR) is 152 cm³/mol. The molecule has 0 radical (unpaired) electrons. The first-order chi connectivity index (χ1) is 18.4. The van der Waals surface area contributed by atoms with Crippen molar-refractivity contribution in [1.29, 1.82) is 0 Å². The molecule has 0 spiro atoms. The van der Waals surface area contributed by atoms with E-state index in [-0.39, 0.29) is 23.8 Å². The molecular weight excluding hydrogens is 490 g/mol. The third-order valence-electron chi connectivity index (χ3n) is 8.46. The quantitative estimate of drug-likeness (QED) is 0.362. The van der Waals surface area contributed by atoms with Crippen LogP contribution < -0.4 is 5.32 Å². The predicted octanol–water partition coefficient (Wildman–Crippen LogP) is 4.62. The van der Waals surface area contributed by atoms with Crippen LogP contribution in [-0.2, 0) is 4.79 Å². The number of hydrogen-bond acceptors (Lipinski definition) is 3. The molecule has 4 aromatic rings. The summed E-state index contributed by atoms with van der Waals surface area (Å²) in [6.07, 6.45) is 0.719. The van der Waals surface area contributed by atoms with E-state index in [2.05, 4.69) is 15.3 Å². The summed E-state index contributed by atoms with van der Waals surface area (Å²) in [6, 6.07) is 16.7. The van der Waals surface area contributed by atoms with Crippen LogP contribution in [0.5, 0.6) is 0 Å². The smallest absolute Gasteiger partial charge is 0.270 e. The number of nitrogens with zero attached hydrogens (tertiary/aromatic N) is 2. The van der Waals surface area contributed by atoms with Crippen LogP contribution in [0.2, 0.25) is 0 Å². The molecule has 3 unspecified atom stereocenters. The van der Waals surface area contributed by atoms with Crippen molar-refractivity contribution in [2.45, 2.75) is 58.7 Å². The Morgan fingerprint density at radius 2 is 1.72 bits per heavy atom. The highest BCUT2D eigenvalue weighted by Gasteiger charge is 2.56. The van der Waals surface area contributed by atoms with Crippen LogP contribution >= 0.6 is 0 Å². The molecule has 3 amide bonds. The van der Waals surface area contributed by atoms with Gasteiger partial charge in [-0.25, -0.2) is 0 Å². The molecule has 39 heavy (non-hydrogen) atoms. The van der Waals surface area contributed by atoms with Crippen molar-refractivity contribution in [3.8, 4) is 0 Å². The minimum atomic E-state index is -0.714. The van der Waals surface area contributed by atoms with E-state index in [4.69, 9.17) is 0 Å². The van der Waals surface area contributed by atoms with E-state index < -0.39 is 17.0 Å². The van der Waals surface area contributed by atoms with Gasteiger partial charge in [0.2, 0.25) is 5.91 Å². The Balaban J connectivity index is 1.20. The van der Waals surface area contributed by atoms with Gasteiger partial charge < -0.3 is 25.1 Å². The fourth-order valence-corrected chi connectivity index (χ4v) is 6.35. The van der Waals surface area contributed by atoms with Gasteiger partial charge in [-0.3, -0.25) is 14.4 Å². The summed E-state index contributed by atoms with van der Waals surface area (Å²) >= 11 is 0. The Bertz CT molecular complexity index is 1590. The number of hydrogen-bond donors (Lipinski definition) is 3. The fourth-order valence-electron chi connectivity index (χ4n) is 6.35. The van der Waals surface area contributed by atoms with Gasteiger partial charge in [0.25, 0.3) is 11.8 Å². The van der Waals surface area contributed by atoms with Crippen molar-refractivity contribution in [1.82, 2.24) is 25.1 Å². The van der Waals surface area contributed by atoms with Crippen molar-refractivity contribution in [3.05, 3.63) is 71.5 Å². The number of aryl methyl sites for hydroxylation is 1. The van der Waals surface area contributed by atoms with Crippen LogP contribution in [-0.4, -0.2) is 68.2 Å². The molecule has 4 heterocycles. The number of aromatic amines is 2. The molecule has 3 atom stereocenters. The Morgan fingerprint density at radius 1 is 1.00 bits per heavy atom. The summed E-state index contributed by atoms with van der Waals surface area (Å²) in [7, 11) is 0. The van der Waals surface area contributed by atoms with E-state index in [0.717, 1.165) is 33.8 Å². The standard InChI is InChI=1S/C31H35N5O3/c1-18-9-8-11-20-14-24(33-25(18)20)28(38)35-17-31(5)15-21(35)16-36(31)29(39)26(30(2,3)4)34-27(37)23-13-19-10-6-7-12-22(19)32-23/h6-14,21,26,32-33H,15-17H2,1-5H3,(H,34,37). The second-order valence-corrected chi connectivity index (χ2v) is 12.5. The van der Waals surface area contributed by atoms with E-state index in [1.54, 1.807) is 0 Å².